The lowest BCUT2D eigenvalue weighted by Crippen LogP contribution is -2.80. The number of carbonyl (C=O) groups is 17. The lowest BCUT2D eigenvalue weighted by Gasteiger charge is -2.68. The molecule has 3 aliphatic carbocycles. The topological polar surface area (TPSA) is 587 Å². The van der Waals surface area contributed by atoms with E-state index in [-0.39, 0.29) is 34.3 Å². The third-order valence-corrected chi connectivity index (χ3v) is 23.5. The van der Waals surface area contributed by atoms with Gasteiger partial charge < -0.3 is 112 Å². The number of halogens is 2. The summed E-state index contributed by atoms with van der Waals surface area (Å²) < 4.78 is 123. The maximum atomic E-state index is 14.9. The Morgan fingerprint density at radius 1 is 0.541 bits per heavy atom. The lowest BCUT2D eigenvalue weighted by atomic mass is 9.45. The molecular formula is C90H106F2N4O39. The zero-order valence-corrected chi connectivity index (χ0v) is 76.1. The number of rotatable bonds is 37. The Balaban J connectivity index is 0.757. The van der Waals surface area contributed by atoms with Crippen molar-refractivity contribution in [3.63, 3.8) is 0 Å². The van der Waals surface area contributed by atoms with Gasteiger partial charge in [0.2, 0.25) is 12.1 Å². The third-order valence-electron chi connectivity index (χ3n) is 23.5. The summed E-state index contributed by atoms with van der Waals surface area (Å²) >= 11 is 0. The van der Waals surface area contributed by atoms with Gasteiger partial charge in [0.15, 0.2) is 78.8 Å². The third kappa shape index (κ3) is 24.4. The van der Waals surface area contributed by atoms with E-state index in [1.165, 1.54) is 43.3 Å². The minimum atomic E-state index is -4.01. The Hall–Kier alpha value is -13.1. The Kier molecular flexibility index (Phi) is 34.4. The van der Waals surface area contributed by atoms with Crippen LogP contribution < -0.4 is 16.3 Å². The van der Waals surface area contributed by atoms with E-state index in [2.05, 4.69) is 15.6 Å². The average Bonchev–Trinajstić information content (AvgIpc) is 1.00. The molecule has 10 unspecified atom stereocenters. The molecule has 4 aromatic rings. The number of aliphatic hydroxyl groups excluding tert-OH is 3. The van der Waals surface area contributed by atoms with Crippen LogP contribution in [0.25, 0.3) is 0 Å². The van der Waals surface area contributed by atoms with Crippen LogP contribution in [-0.4, -0.2) is 272 Å². The predicted molar refractivity (Wildman–Crippen MR) is 445 cm³/mol. The van der Waals surface area contributed by atoms with Gasteiger partial charge in [-0.05, 0) is 130 Å². The molecule has 2 saturated carbocycles. The number of fused-ring (bicyclic) bond motifs is 5. The zero-order chi connectivity index (χ0) is 100. The second-order valence-corrected chi connectivity index (χ2v) is 33.7. The van der Waals surface area contributed by atoms with Gasteiger partial charge in [-0.1, -0.05) is 87.5 Å². The summed E-state index contributed by atoms with van der Waals surface area (Å²) in [5.74, 6) is -26.5. The minimum absolute atomic E-state index is 0.0317. The molecule has 43 nitrogen and oxygen atoms in total. The number of nitrogens with one attached hydrogen (secondary N) is 2. The number of esters is 15. The van der Waals surface area contributed by atoms with Crippen LogP contribution in [0.4, 0.5) is 14.6 Å². The maximum absolute atomic E-state index is 14.9. The van der Waals surface area contributed by atoms with Crippen LogP contribution in [0, 0.1) is 16.7 Å². The van der Waals surface area contributed by atoms with Crippen molar-refractivity contribution in [2.75, 3.05) is 18.5 Å². The van der Waals surface area contributed by atoms with Crippen LogP contribution in [0.2, 0.25) is 0 Å². The number of nitrogens with zero attached hydrogens (tertiary/aromatic N) is 2. The molecule has 5 aliphatic rings. The van der Waals surface area contributed by atoms with Crippen molar-refractivity contribution >= 4 is 107 Å². The van der Waals surface area contributed by atoms with Crippen LogP contribution in [0.5, 0.6) is 0 Å². The molecule has 3 aromatic carbocycles. The Bertz CT molecular complexity index is 5230. The maximum Gasteiger partial charge on any atom is 0.351 e. The summed E-state index contributed by atoms with van der Waals surface area (Å²) in [5, 5.41) is 50.3. The van der Waals surface area contributed by atoms with Crippen molar-refractivity contribution in [2.45, 2.75) is 282 Å². The van der Waals surface area contributed by atoms with E-state index >= 15 is 0 Å². The second kappa shape index (κ2) is 43.9. The number of benzene rings is 3. The van der Waals surface area contributed by atoms with Crippen molar-refractivity contribution in [3.8, 4) is 0 Å². The van der Waals surface area contributed by atoms with E-state index in [0.717, 1.165) is 95.3 Å². The van der Waals surface area contributed by atoms with Crippen molar-refractivity contribution < 1.29 is 191 Å². The highest BCUT2D eigenvalue weighted by atomic mass is 19.3. The van der Waals surface area contributed by atoms with Gasteiger partial charge in [0.05, 0.1) is 37.2 Å². The van der Waals surface area contributed by atoms with Crippen LogP contribution in [0.15, 0.2) is 119 Å². The largest absolute Gasteiger partial charge is 0.459 e. The molecule has 1 aromatic heterocycles. The summed E-state index contributed by atoms with van der Waals surface area (Å²) in [5.41, 5.74) is -8.57. The fourth-order valence-electron chi connectivity index (χ4n) is 16.2. The summed E-state index contributed by atoms with van der Waals surface area (Å²) in [4.78, 5) is 244. The van der Waals surface area contributed by atoms with Gasteiger partial charge in [-0.15, -0.1) is 0 Å². The Morgan fingerprint density at radius 2 is 0.978 bits per heavy atom. The smallest absolute Gasteiger partial charge is 0.351 e. The number of anilines is 1. The van der Waals surface area contributed by atoms with Gasteiger partial charge in [-0.25, -0.2) is 62.3 Å². The summed E-state index contributed by atoms with van der Waals surface area (Å²) in [6.45, 7) is 17.1. The number of carbonyl (C=O) groups excluding carboxylic acids is 17. The van der Waals surface area contributed by atoms with Crippen molar-refractivity contribution in [2.24, 2.45) is 16.7 Å². The Morgan fingerprint density at radius 3 is 1.39 bits per heavy atom. The molecular weight excluding hydrogens is 1800 g/mol. The van der Waals surface area contributed by atoms with Crippen molar-refractivity contribution in [1.29, 1.82) is 0 Å². The summed E-state index contributed by atoms with van der Waals surface area (Å²) in [7, 11) is 0. The monoisotopic (exact) mass is 1900 g/mol. The first-order valence-electron chi connectivity index (χ1n) is 42.6. The summed E-state index contributed by atoms with van der Waals surface area (Å²) in [6, 6.07) is 23.0. The fourth-order valence-corrected chi connectivity index (χ4v) is 16.2. The van der Waals surface area contributed by atoms with Gasteiger partial charge in [-0.3, -0.25) is 28.5 Å². The molecule has 9 rings (SSSR count). The van der Waals surface area contributed by atoms with Crippen LogP contribution >= 0.6 is 0 Å². The molecule has 734 valence electrons. The predicted octanol–water partition coefficient (Wildman–Crippen LogP) is 3.29. The average molecular weight is 1910 g/mol. The van der Waals surface area contributed by atoms with Crippen LogP contribution in [-0.2, 0) is 152 Å². The van der Waals surface area contributed by atoms with E-state index in [0.29, 0.717) is 4.57 Å². The van der Waals surface area contributed by atoms with Crippen LogP contribution in [0.3, 0.4) is 0 Å². The molecule has 3 heterocycles. The highest BCUT2D eigenvalue weighted by molar-refractivity contribution is 5.96. The number of aliphatic hydroxyl groups is 4. The zero-order valence-electron chi connectivity index (χ0n) is 76.1. The highest BCUT2D eigenvalue weighted by Gasteiger charge is 2.77. The second-order valence-electron chi connectivity index (χ2n) is 33.7. The standard InChI is InChI=1S/C90H106F2N4O39/c1-41-57(131-83(116)67(102)66(54-26-20-17-21-27-54)95-71(104)55-28-22-18-23-29-55)38-89(118)70(134-82(115)56-30-24-19-25-31-56)68-87(16,37-58(130-52(12)98)65(41)86(89,14)15)60(36-61-88(68,40-119-61)135-53(13)99)133-81(114)51(11)129-80(113)50(10)128-79(112)49(9)127-78(111)48(8)126-77(110)47(7)125-76(109)46(6)124-75(108)45(5)123-74(107)44(4)122-73(106)43(3)121-72(105)42(2)120-64(101)33-32-63(100)93-62-34-35-96(85(117)94-62)84-90(91,92)69(103)59(39-97)132-84/h17-31,34-35,42-51,57-61,66-70,84,97,102-103,118H,32-33,36-40H2,1-16H3,(H,95,104)(H,93,94,100,117)/t42?,43?,44?,45?,46?,47?,48?,49?,50?,51?,57-,58-,59+,60-,61+,66+,67-,68-,69+,70-,84+,87+,88-,89+/m0/s1. The molecule has 2 bridgehead atoms. The first kappa shape index (κ1) is 106. The number of hydrogen-bond donors (Lipinski definition) is 6. The first-order valence-corrected chi connectivity index (χ1v) is 42.6. The van der Waals surface area contributed by atoms with Crippen LogP contribution in [0.1, 0.15) is 181 Å². The summed E-state index contributed by atoms with van der Waals surface area (Å²) in [6.07, 6.45) is -36.6. The molecule has 4 fully saturated rings. The molecule has 2 saturated heterocycles. The Labute approximate surface area is 769 Å². The van der Waals surface area contributed by atoms with Gasteiger partial charge in [0.25, 0.3) is 5.91 Å². The molecule has 0 spiro atoms. The molecule has 6 N–H and O–H groups in total. The van der Waals surface area contributed by atoms with Gasteiger partial charge >= 0.3 is 101 Å². The molecule has 2 amide bonds. The number of amides is 2. The number of aromatic nitrogens is 2. The molecule has 0 radical (unpaired) electrons. The van der Waals surface area contributed by atoms with Crippen molar-refractivity contribution in [3.05, 3.63) is 142 Å². The van der Waals surface area contributed by atoms with Gasteiger partial charge in [0, 0.05) is 55.7 Å². The molecule has 24 atom stereocenters. The molecule has 135 heavy (non-hydrogen) atoms. The quantitative estimate of drug-likeness (QED) is 0.0214. The van der Waals surface area contributed by atoms with E-state index in [9.17, 15) is 116 Å². The SMILES string of the molecule is CC(=O)O[C@H]1C[C@]2(C)[C@@H](OC(=O)C(C)OC(=O)C(C)OC(=O)C(C)OC(=O)C(C)OC(=O)C(C)OC(=O)C(C)OC(=O)C(C)OC(=O)C(C)OC(=O)C(C)OC(=O)C(C)OC(=O)CCC(=O)Nc3ccn([C@@H]4O[C@H](CO)[C@@H](O)C4(F)F)c(=O)n3)C[C@H]3OC[C@@]3(OC(C)=O)[C@H]2[C@H](OC(=O)c2ccccc2)[C@]2(O)C[C@H](OC(=O)[C@@H](O)[C@H](NC(=O)c3ccccc3)c3ccccc3)C(C)=C1C2(C)C. The van der Waals surface area contributed by atoms with E-state index in [1.54, 1.807) is 75.4 Å². The van der Waals surface area contributed by atoms with E-state index in [4.69, 9.17) is 80.5 Å². The fraction of sp³-hybridized carbons (Fsp3) is 0.544. The highest BCUT2D eigenvalue weighted by Crippen LogP contribution is 2.66. The lowest BCUT2D eigenvalue weighted by molar-refractivity contribution is -0.354. The van der Waals surface area contributed by atoms with E-state index < -0.39 is 308 Å². The normalized spacial score (nSPS) is 25.5. The molecule has 45 heteroatoms. The molecule has 2 aliphatic heterocycles. The van der Waals surface area contributed by atoms with Gasteiger partial charge in [-0.2, -0.15) is 13.8 Å². The van der Waals surface area contributed by atoms with E-state index in [1.807, 2.05) is 0 Å². The number of ether oxygens (including phenoxy) is 17. The minimum Gasteiger partial charge on any atom is -0.459 e. The first-order chi connectivity index (χ1) is 63.2. The number of hydrogen-bond acceptors (Lipinski definition) is 40. The van der Waals surface area contributed by atoms with Crippen molar-refractivity contribution in [1.82, 2.24) is 14.9 Å². The van der Waals surface area contributed by atoms with Gasteiger partial charge in [0.1, 0.15) is 48.0 Å². The number of alkyl halides is 2.